The molecule has 0 atom stereocenters. The predicted molar refractivity (Wildman–Crippen MR) is 206 cm³/mol. The quantitative estimate of drug-likeness (QED) is 0.215. The molecule has 6 aromatic carbocycles. The average Bonchev–Trinajstić information content (AvgIpc) is 3.19. The van der Waals surface area contributed by atoms with Crippen LogP contribution in [0.4, 0.5) is 0 Å². The first-order valence-corrected chi connectivity index (χ1v) is 24.1. The Kier molecular flexibility index (Phi) is 28.9. The van der Waals surface area contributed by atoms with Crippen molar-refractivity contribution in [2.24, 2.45) is 0 Å². The fraction of sp³-hybridized carbons (Fsp3) is 0. The molecular formula is C36H30O18Pr2S6. The molecule has 0 unspecified atom stereocenters. The molecule has 0 aliphatic carbocycles. The Balaban J connectivity index is 0. The third kappa shape index (κ3) is 27.6. The van der Waals surface area contributed by atoms with Crippen LogP contribution >= 0.6 is 0 Å². The third-order valence-corrected chi connectivity index (χ3v) is 11.3. The van der Waals surface area contributed by atoms with Gasteiger partial charge in [0.05, 0.1) is 29.4 Å². The molecule has 0 amide bonds. The van der Waals surface area contributed by atoms with Crippen molar-refractivity contribution in [3.63, 3.8) is 0 Å². The minimum Gasteiger partial charge on any atom is -0.744 e. The molecule has 324 valence electrons. The van der Waals surface area contributed by atoms with E-state index in [0.29, 0.717) is 0 Å². The summed E-state index contributed by atoms with van der Waals surface area (Å²) < 4.78 is 185. The fourth-order valence-electron chi connectivity index (χ4n) is 3.52. The summed E-state index contributed by atoms with van der Waals surface area (Å²) in [5.74, 6) is 0. The zero-order valence-corrected chi connectivity index (χ0v) is 43.6. The van der Waals surface area contributed by atoms with Gasteiger partial charge in [-0.3, -0.25) is 0 Å². The van der Waals surface area contributed by atoms with Gasteiger partial charge in [-0.05, 0) is 72.8 Å². The molecule has 0 saturated carbocycles. The predicted octanol–water partition coefficient (Wildman–Crippen LogP) is 3.54. The second-order valence-corrected chi connectivity index (χ2v) is 18.9. The zero-order chi connectivity index (χ0) is 45.7. The van der Waals surface area contributed by atoms with Gasteiger partial charge in [-0.15, -0.1) is 0 Å². The number of hydrogen-bond donors (Lipinski definition) is 0. The Morgan fingerprint density at radius 3 is 0.323 bits per heavy atom. The number of hydrogen-bond acceptors (Lipinski definition) is 18. The van der Waals surface area contributed by atoms with Gasteiger partial charge in [-0.25, -0.2) is 50.5 Å². The summed E-state index contributed by atoms with van der Waals surface area (Å²) in [6.07, 6.45) is 0. The van der Waals surface area contributed by atoms with Crippen molar-refractivity contribution < 1.29 is 160 Å². The molecule has 0 aliphatic heterocycles. The van der Waals surface area contributed by atoms with Crippen molar-refractivity contribution in [2.75, 3.05) is 0 Å². The zero-order valence-electron chi connectivity index (χ0n) is 31.3. The van der Waals surface area contributed by atoms with Crippen molar-refractivity contribution in [3.8, 4) is 0 Å². The van der Waals surface area contributed by atoms with E-state index < -0.39 is 60.7 Å². The summed E-state index contributed by atoms with van der Waals surface area (Å²) in [7, 11) is -25.5. The summed E-state index contributed by atoms with van der Waals surface area (Å²) in [6, 6.07) is 43.1. The van der Waals surface area contributed by atoms with Crippen LogP contribution in [0.15, 0.2) is 211 Å². The van der Waals surface area contributed by atoms with Crippen LogP contribution in [0.5, 0.6) is 0 Å². The van der Waals surface area contributed by atoms with Gasteiger partial charge in [0.1, 0.15) is 60.7 Å². The van der Waals surface area contributed by atoms with Crippen molar-refractivity contribution in [3.05, 3.63) is 182 Å². The van der Waals surface area contributed by atoms with Crippen molar-refractivity contribution >= 4 is 60.7 Å². The van der Waals surface area contributed by atoms with Crippen molar-refractivity contribution in [2.45, 2.75) is 29.4 Å². The molecule has 6 aromatic rings. The van der Waals surface area contributed by atoms with Crippen LogP contribution in [0.1, 0.15) is 0 Å². The third-order valence-electron chi connectivity index (χ3n) is 6.19. The molecule has 0 heterocycles. The summed E-state index contributed by atoms with van der Waals surface area (Å²) >= 11 is 0. The molecule has 0 radical (unpaired) electrons. The largest absolute Gasteiger partial charge is 3.00 e. The van der Waals surface area contributed by atoms with Gasteiger partial charge in [-0.1, -0.05) is 109 Å². The normalized spacial score (nSPS) is 10.9. The van der Waals surface area contributed by atoms with Crippen LogP contribution in [0, 0.1) is 82.6 Å². The Morgan fingerprint density at radius 2 is 0.274 bits per heavy atom. The summed E-state index contributed by atoms with van der Waals surface area (Å²) in [6.45, 7) is 0. The van der Waals surface area contributed by atoms with E-state index >= 15 is 0 Å². The first-order valence-electron chi connectivity index (χ1n) is 15.7. The fourth-order valence-corrected chi connectivity index (χ4v) is 6.47. The average molecular weight is 1220 g/mol. The molecule has 26 heteroatoms. The van der Waals surface area contributed by atoms with E-state index in [1.165, 1.54) is 146 Å². The van der Waals surface area contributed by atoms with Gasteiger partial charge in [0, 0.05) is 0 Å². The maximum atomic E-state index is 10.3. The van der Waals surface area contributed by atoms with Crippen LogP contribution in [-0.4, -0.2) is 77.8 Å². The maximum absolute atomic E-state index is 10.3. The van der Waals surface area contributed by atoms with E-state index in [9.17, 15) is 77.8 Å². The van der Waals surface area contributed by atoms with Crippen LogP contribution < -0.4 is 0 Å². The van der Waals surface area contributed by atoms with E-state index in [-0.39, 0.29) is 112 Å². The van der Waals surface area contributed by atoms with Gasteiger partial charge >= 0.3 is 82.6 Å². The molecule has 62 heavy (non-hydrogen) atoms. The standard InChI is InChI=1S/6C6H6O3S.2Pr/c6*7-10(8,9)6-4-2-1-3-5-6;;/h6*1-5H,(H,7,8,9);;/q;;;;;;2*+3/p-6. The Bertz CT molecular complexity index is 2340. The van der Waals surface area contributed by atoms with Crippen molar-refractivity contribution in [1.29, 1.82) is 0 Å². The molecule has 0 aliphatic rings. The van der Waals surface area contributed by atoms with Crippen LogP contribution in [0.3, 0.4) is 0 Å². The molecule has 0 fully saturated rings. The molecule has 6 rings (SSSR count). The molecular weight excluding hydrogens is 1190 g/mol. The minimum absolute atomic E-state index is 0. The summed E-state index contributed by atoms with van der Waals surface area (Å²) in [5, 5.41) is 0. The smallest absolute Gasteiger partial charge is 0.744 e. The second-order valence-electron chi connectivity index (χ2n) is 10.6. The molecule has 0 bridgehead atoms. The Morgan fingerprint density at radius 1 is 0.194 bits per heavy atom. The molecule has 0 aromatic heterocycles. The second kappa shape index (κ2) is 29.1. The summed E-state index contributed by atoms with van der Waals surface area (Å²) in [4.78, 5) is -1.11. The topological polar surface area (TPSA) is 343 Å². The van der Waals surface area contributed by atoms with Crippen LogP contribution in [0.2, 0.25) is 0 Å². The first-order chi connectivity index (χ1) is 27.6. The Hall–Kier alpha value is -2.49. The van der Waals surface area contributed by atoms with E-state index in [1.807, 2.05) is 0 Å². The molecule has 0 N–H and O–H groups in total. The van der Waals surface area contributed by atoms with Gasteiger partial charge in [0.2, 0.25) is 0 Å². The van der Waals surface area contributed by atoms with E-state index in [4.69, 9.17) is 0 Å². The van der Waals surface area contributed by atoms with E-state index in [0.717, 1.165) is 0 Å². The monoisotopic (exact) mass is 1220 g/mol. The first kappa shape index (κ1) is 61.6. The van der Waals surface area contributed by atoms with E-state index in [2.05, 4.69) is 0 Å². The van der Waals surface area contributed by atoms with Gasteiger partial charge in [-0.2, -0.15) is 0 Å². The van der Waals surface area contributed by atoms with E-state index in [1.54, 1.807) is 36.4 Å². The SMILES string of the molecule is O=S(=O)([O-])c1ccccc1.O=S(=O)([O-])c1ccccc1.O=S(=O)([O-])c1ccccc1.O=S(=O)([O-])c1ccccc1.O=S(=O)([O-])c1ccccc1.O=S(=O)([O-])c1ccccc1.[Pr+3].[Pr+3]. The number of benzene rings is 6. The summed E-state index contributed by atoms with van der Waals surface area (Å²) in [5.41, 5.74) is 0. The molecule has 0 spiro atoms. The molecule has 18 nitrogen and oxygen atoms in total. The van der Waals surface area contributed by atoms with Crippen molar-refractivity contribution in [1.82, 2.24) is 0 Å². The van der Waals surface area contributed by atoms with Gasteiger partial charge in [0.25, 0.3) is 0 Å². The van der Waals surface area contributed by atoms with Gasteiger partial charge < -0.3 is 27.3 Å². The maximum Gasteiger partial charge on any atom is 3.00 e. The Labute approximate surface area is 426 Å². The molecule has 0 saturated heterocycles. The number of rotatable bonds is 6. The van der Waals surface area contributed by atoms with Crippen LogP contribution in [-0.2, 0) is 60.7 Å². The minimum atomic E-state index is -4.25. The van der Waals surface area contributed by atoms with Crippen LogP contribution in [0.25, 0.3) is 0 Å². The van der Waals surface area contributed by atoms with Gasteiger partial charge in [0.15, 0.2) is 0 Å².